The molecule has 1 aromatic heterocycles. The van der Waals surface area contributed by atoms with Crippen LogP contribution in [0.5, 0.6) is 5.75 Å². The molecule has 0 aliphatic carbocycles. The van der Waals surface area contributed by atoms with E-state index in [0.717, 1.165) is 5.82 Å². The maximum atomic E-state index is 12.1. The maximum Gasteiger partial charge on any atom is 0.262 e. The number of hydrogen-bond acceptors (Lipinski definition) is 3. The zero-order chi connectivity index (χ0) is 11.1. The van der Waals surface area contributed by atoms with Crippen LogP contribution in [0.3, 0.4) is 0 Å². The van der Waals surface area contributed by atoms with Crippen molar-refractivity contribution in [2.24, 2.45) is 0 Å². The normalized spacial score (nSPS) is 13.1. The molecule has 2 heterocycles. The topological polar surface area (TPSA) is 44.1 Å². The fourth-order valence-corrected chi connectivity index (χ4v) is 1.91. The maximum absolute atomic E-state index is 12.1. The van der Waals surface area contributed by atoms with Crippen LogP contribution in [-0.2, 0) is 6.54 Å². The molecule has 4 heteroatoms. The number of ether oxygens (including phenoxy) is 1. The Bertz CT molecular complexity index is 656. The minimum Gasteiger partial charge on any atom is -0.497 e. The van der Waals surface area contributed by atoms with Crippen LogP contribution < -0.4 is 10.3 Å². The first kappa shape index (κ1) is 9.15. The Hall–Kier alpha value is -2.10. The number of methoxy groups -OCH3 is 1. The second kappa shape index (κ2) is 3.20. The summed E-state index contributed by atoms with van der Waals surface area (Å²) in [5.41, 5.74) is 0.701. The molecule has 1 aliphatic rings. The third-order valence-electron chi connectivity index (χ3n) is 2.75. The first-order chi connectivity index (χ1) is 7.79. The number of aromatic nitrogens is 2. The summed E-state index contributed by atoms with van der Waals surface area (Å²) >= 11 is 0. The Balaban J connectivity index is 2.40. The van der Waals surface area contributed by atoms with Crippen molar-refractivity contribution < 1.29 is 4.74 Å². The van der Waals surface area contributed by atoms with Gasteiger partial charge in [0.2, 0.25) is 0 Å². The Morgan fingerprint density at radius 3 is 3.12 bits per heavy atom. The molecule has 0 amide bonds. The molecule has 4 nitrogen and oxygen atoms in total. The average Bonchev–Trinajstić information content (AvgIpc) is 2.77. The molecule has 1 aromatic carbocycles. The largest absolute Gasteiger partial charge is 0.497 e. The highest BCUT2D eigenvalue weighted by atomic mass is 16.5. The monoisotopic (exact) mass is 214 g/mol. The van der Waals surface area contributed by atoms with Gasteiger partial charge in [0.25, 0.3) is 5.56 Å². The zero-order valence-corrected chi connectivity index (χ0v) is 8.80. The average molecular weight is 214 g/mol. The Morgan fingerprint density at radius 2 is 2.31 bits per heavy atom. The van der Waals surface area contributed by atoms with Crippen molar-refractivity contribution in [3.63, 3.8) is 0 Å². The predicted octanol–water partition coefficient (Wildman–Crippen LogP) is 1.43. The van der Waals surface area contributed by atoms with Crippen LogP contribution in [0.15, 0.2) is 29.1 Å². The Labute approximate surface area is 91.8 Å². The van der Waals surface area contributed by atoms with Crippen LogP contribution in [0.25, 0.3) is 17.0 Å². The fraction of sp³-hybridized carbons (Fsp3) is 0.167. The van der Waals surface area contributed by atoms with Crippen molar-refractivity contribution >= 4 is 17.0 Å². The van der Waals surface area contributed by atoms with E-state index in [1.165, 1.54) is 0 Å². The van der Waals surface area contributed by atoms with E-state index in [1.54, 1.807) is 17.7 Å². The van der Waals surface area contributed by atoms with Gasteiger partial charge in [-0.25, -0.2) is 4.98 Å². The van der Waals surface area contributed by atoms with Gasteiger partial charge in [0, 0.05) is 6.54 Å². The van der Waals surface area contributed by atoms with Gasteiger partial charge in [-0.1, -0.05) is 6.08 Å². The van der Waals surface area contributed by atoms with Crippen molar-refractivity contribution in [3.8, 4) is 5.75 Å². The van der Waals surface area contributed by atoms with Crippen LogP contribution in [0, 0.1) is 0 Å². The second-order valence-electron chi connectivity index (χ2n) is 3.67. The molecular weight excluding hydrogens is 204 g/mol. The molecule has 2 aromatic rings. The highest BCUT2D eigenvalue weighted by molar-refractivity contribution is 5.80. The lowest BCUT2D eigenvalue weighted by Crippen LogP contribution is -2.20. The first-order valence-corrected chi connectivity index (χ1v) is 5.05. The number of allylic oxidation sites excluding steroid dienone is 1. The number of rotatable bonds is 1. The van der Waals surface area contributed by atoms with Gasteiger partial charge >= 0.3 is 0 Å². The van der Waals surface area contributed by atoms with E-state index in [-0.39, 0.29) is 5.56 Å². The van der Waals surface area contributed by atoms with Gasteiger partial charge in [-0.3, -0.25) is 9.36 Å². The van der Waals surface area contributed by atoms with Crippen LogP contribution in [-0.4, -0.2) is 16.7 Å². The quantitative estimate of drug-likeness (QED) is 0.721. The minimum atomic E-state index is -0.0103. The molecule has 0 saturated carbocycles. The lowest BCUT2D eigenvalue weighted by Gasteiger charge is -2.06. The Kier molecular flexibility index (Phi) is 1.83. The predicted molar refractivity (Wildman–Crippen MR) is 61.6 cm³/mol. The summed E-state index contributed by atoms with van der Waals surface area (Å²) in [6.07, 6.45) is 3.80. The summed E-state index contributed by atoms with van der Waals surface area (Å²) in [6, 6.07) is 5.35. The van der Waals surface area contributed by atoms with Crippen LogP contribution in [0.2, 0.25) is 0 Å². The first-order valence-electron chi connectivity index (χ1n) is 5.05. The van der Waals surface area contributed by atoms with Crippen molar-refractivity contribution in [3.05, 3.63) is 40.5 Å². The number of benzene rings is 1. The van der Waals surface area contributed by atoms with Gasteiger partial charge in [0.15, 0.2) is 0 Å². The zero-order valence-electron chi connectivity index (χ0n) is 8.80. The molecule has 0 bridgehead atoms. The molecular formula is C12H10N2O2. The molecule has 0 N–H and O–H groups in total. The highest BCUT2D eigenvalue weighted by Crippen LogP contribution is 2.18. The molecule has 1 aliphatic heterocycles. The summed E-state index contributed by atoms with van der Waals surface area (Å²) in [5.74, 6) is 1.40. The van der Waals surface area contributed by atoms with Gasteiger partial charge in [-0.2, -0.15) is 0 Å². The van der Waals surface area contributed by atoms with E-state index in [0.29, 0.717) is 23.2 Å². The van der Waals surface area contributed by atoms with Crippen molar-refractivity contribution in [2.75, 3.05) is 7.11 Å². The van der Waals surface area contributed by atoms with E-state index < -0.39 is 0 Å². The van der Waals surface area contributed by atoms with Crippen LogP contribution >= 0.6 is 0 Å². The number of hydrogen-bond donors (Lipinski definition) is 0. The van der Waals surface area contributed by atoms with E-state index in [1.807, 2.05) is 24.3 Å². The van der Waals surface area contributed by atoms with Crippen molar-refractivity contribution in [1.29, 1.82) is 0 Å². The lowest BCUT2D eigenvalue weighted by atomic mass is 10.2. The molecule has 0 saturated heterocycles. The van der Waals surface area contributed by atoms with Gasteiger partial charge < -0.3 is 4.74 Å². The van der Waals surface area contributed by atoms with Crippen LogP contribution in [0.4, 0.5) is 0 Å². The van der Waals surface area contributed by atoms with E-state index in [2.05, 4.69) is 4.98 Å². The Morgan fingerprint density at radius 1 is 1.44 bits per heavy atom. The SMILES string of the molecule is COc1ccc2nc3n(c(=O)c2c1)CC=C3. The van der Waals surface area contributed by atoms with Crippen molar-refractivity contribution in [1.82, 2.24) is 9.55 Å². The summed E-state index contributed by atoms with van der Waals surface area (Å²) in [6.45, 7) is 0.605. The van der Waals surface area contributed by atoms with E-state index >= 15 is 0 Å². The molecule has 3 rings (SSSR count). The van der Waals surface area contributed by atoms with E-state index in [9.17, 15) is 4.79 Å². The number of fused-ring (bicyclic) bond motifs is 2. The third-order valence-corrected chi connectivity index (χ3v) is 2.75. The molecule has 16 heavy (non-hydrogen) atoms. The smallest absolute Gasteiger partial charge is 0.262 e. The third kappa shape index (κ3) is 1.16. The standard InChI is InChI=1S/C12H10N2O2/c1-16-8-4-5-10-9(7-8)12(15)14-6-2-3-11(14)13-10/h2-5,7H,6H2,1H3. The molecule has 0 spiro atoms. The lowest BCUT2D eigenvalue weighted by molar-refractivity contribution is 0.415. The summed E-state index contributed by atoms with van der Waals surface area (Å²) in [4.78, 5) is 16.5. The van der Waals surface area contributed by atoms with E-state index in [4.69, 9.17) is 4.74 Å². The summed E-state index contributed by atoms with van der Waals surface area (Å²) in [7, 11) is 1.58. The molecule has 0 radical (unpaired) electrons. The fourth-order valence-electron chi connectivity index (χ4n) is 1.91. The highest BCUT2D eigenvalue weighted by Gasteiger charge is 2.11. The molecule has 80 valence electrons. The minimum absolute atomic E-state index is 0.0103. The molecule has 0 unspecified atom stereocenters. The van der Waals surface area contributed by atoms with Gasteiger partial charge in [-0.15, -0.1) is 0 Å². The van der Waals surface area contributed by atoms with Gasteiger partial charge in [0.05, 0.1) is 18.0 Å². The van der Waals surface area contributed by atoms with Gasteiger partial charge in [-0.05, 0) is 24.3 Å². The van der Waals surface area contributed by atoms with Crippen molar-refractivity contribution in [2.45, 2.75) is 6.54 Å². The molecule has 0 fully saturated rings. The summed E-state index contributed by atoms with van der Waals surface area (Å²) < 4.78 is 6.76. The second-order valence-corrected chi connectivity index (χ2v) is 3.67. The van der Waals surface area contributed by atoms with Crippen LogP contribution in [0.1, 0.15) is 5.82 Å². The number of nitrogens with zero attached hydrogens (tertiary/aromatic N) is 2. The van der Waals surface area contributed by atoms with Gasteiger partial charge in [0.1, 0.15) is 11.6 Å². The summed E-state index contributed by atoms with van der Waals surface area (Å²) in [5, 5.41) is 0.604. The molecule has 0 atom stereocenters.